The Morgan fingerprint density at radius 1 is 1.39 bits per heavy atom. The molecule has 0 bridgehead atoms. The monoisotopic (exact) mass is 264 g/mol. The molecule has 2 rings (SSSR count). The van der Waals surface area contributed by atoms with E-state index in [1.807, 2.05) is 13.0 Å². The molecular formula is C14H17ClN2O. The lowest BCUT2D eigenvalue weighted by molar-refractivity contribution is 0.305. The normalized spacial score (nSPS) is 15.6. The van der Waals surface area contributed by atoms with Gasteiger partial charge in [-0.05, 0) is 45.0 Å². The minimum atomic E-state index is 0.477. The maximum absolute atomic E-state index is 8.99. The smallest absolute Gasteiger partial charge is 0.125 e. The highest BCUT2D eigenvalue weighted by Gasteiger charge is 2.16. The molecule has 1 aliphatic heterocycles. The van der Waals surface area contributed by atoms with Crippen LogP contribution in [0.2, 0.25) is 5.02 Å². The molecule has 1 heterocycles. The van der Waals surface area contributed by atoms with Crippen LogP contribution < -0.4 is 4.74 Å². The van der Waals surface area contributed by atoms with Crippen molar-refractivity contribution in [2.75, 3.05) is 19.7 Å². The Morgan fingerprint density at radius 2 is 2.11 bits per heavy atom. The third kappa shape index (κ3) is 2.95. The molecule has 0 saturated carbocycles. The van der Waals surface area contributed by atoms with Crippen LogP contribution in [0.3, 0.4) is 0 Å². The summed E-state index contributed by atoms with van der Waals surface area (Å²) in [5, 5.41) is 9.50. The lowest BCUT2D eigenvalue weighted by Crippen LogP contribution is -2.19. The standard InChI is InChI=1S/C14H17ClN2O/c1-2-18-14-8-11(9-16)13(15)7-12(14)10-17-5-3-4-6-17/h7-8H,2-6,10H2,1H3. The highest BCUT2D eigenvalue weighted by atomic mass is 35.5. The molecule has 1 aromatic rings. The Bertz CT molecular complexity index is 462. The number of nitrogens with zero attached hydrogens (tertiary/aromatic N) is 2. The van der Waals surface area contributed by atoms with Crippen LogP contribution in [0.25, 0.3) is 0 Å². The van der Waals surface area contributed by atoms with E-state index < -0.39 is 0 Å². The van der Waals surface area contributed by atoms with Gasteiger partial charge in [0.05, 0.1) is 17.2 Å². The summed E-state index contributed by atoms with van der Waals surface area (Å²) < 4.78 is 5.61. The van der Waals surface area contributed by atoms with Gasteiger partial charge in [-0.3, -0.25) is 4.90 Å². The molecule has 0 unspecified atom stereocenters. The second-order valence-corrected chi connectivity index (χ2v) is 4.88. The number of hydrogen-bond acceptors (Lipinski definition) is 3. The zero-order valence-electron chi connectivity index (χ0n) is 10.6. The summed E-state index contributed by atoms with van der Waals surface area (Å²) >= 11 is 6.09. The first-order chi connectivity index (χ1) is 8.74. The fourth-order valence-corrected chi connectivity index (χ4v) is 2.50. The molecule has 1 fully saturated rings. The third-order valence-electron chi connectivity index (χ3n) is 3.16. The van der Waals surface area contributed by atoms with Gasteiger partial charge in [0.1, 0.15) is 11.8 Å². The van der Waals surface area contributed by atoms with Crippen molar-refractivity contribution in [2.24, 2.45) is 0 Å². The minimum absolute atomic E-state index is 0.477. The van der Waals surface area contributed by atoms with E-state index in [2.05, 4.69) is 11.0 Å². The lowest BCUT2D eigenvalue weighted by atomic mass is 10.1. The number of benzene rings is 1. The Kier molecular flexibility index (Phi) is 4.46. The van der Waals surface area contributed by atoms with Crippen molar-refractivity contribution in [3.63, 3.8) is 0 Å². The van der Waals surface area contributed by atoms with Crippen LogP contribution in [-0.4, -0.2) is 24.6 Å². The second kappa shape index (κ2) is 6.08. The van der Waals surface area contributed by atoms with Crippen LogP contribution in [0.15, 0.2) is 12.1 Å². The van der Waals surface area contributed by atoms with E-state index in [1.165, 1.54) is 12.8 Å². The fraction of sp³-hybridized carbons (Fsp3) is 0.500. The van der Waals surface area contributed by atoms with Gasteiger partial charge in [-0.15, -0.1) is 0 Å². The molecular weight excluding hydrogens is 248 g/mol. The number of halogens is 1. The highest BCUT2D eigenvalue weighted by Crippen LogP contribution is 2.28. The average Bonchev–Trinajstić information content (AvgIpc) is 2.85. The maximum atomic E-state index is 8.99. The predicted molar refractivity (Wildman–Crippen MR) is 71.8 cm³/mol. The lowest BCUT2D eigenvalue weighted by Gasteiger charge is -2.18. The van der Waals surface area contributed by atoms with Crippen LogP contribution in [-0.2, 0) is 6.54 Å². The molecule has 0 N–H and O–H groups in total. The second-order valence-electron chi connectivity index (χ2n) is 4.47. The van der Waals surface area contributed by atoms with E-state index in [0.29, 0.717) is 17.2 Å². The molecule has 18 heavy (non-hydrogen) atoms. The van der Waals surface area contributed by atoms with Gasteiger partial charge in [0.2, 0.25) is 0 Å². The first-order valence-electron chi connectivity index (χ1n) is 6.32. The largest absolute Gasteiger partial charge is 0.493 e. The van der Waals surface area contributed by atoms with Gasteiger partial charge in [0, 0.05) is 12.1 Å². The van der Waals surface area contributed by atoms with E-state index in [4.69, 9.17) is 21.6 Å². The molecule has 96 valence electrons. The van der Waals surface area contributed by atoms with Gasteiger partial charge in [-0.2, -0.15) is 5.26 Å². The van der Waals surface area contributed by atoms with Gasteiger partial charge < -0.3 is 4.74 Å². The van der Waals surface area contributed by atoms with Gasteiger partial charge in [-0.1, -0.05) is 11.6 Å². The summed E-state index contributed by atoms with van der Waals surface area (Å²) in [6.07, 6.45) is 2.52. The summed E-state index contributed by atoms with van der Waals surface area (Å²) in [7, 11) is 0. The van der Waals surface area contributed by atoms with Crippen molar-refractivity contribution in [1.29, 1.82) is 5.26 Å². The van der Waals surface area contributed by atoms with Crippen LogP contribution in [0, 0.1) is 11.3 Å². The molecule has 0 spiro atoms. The Hall–Kier alpha value is -1.24. The number of hydrogen-bond donors (Lipinski definition) is 0. The zero-order chi connectivity index (χ0) is 13.0. The molecule has 0 atom stereocenters. The van der Waals surface area contributed by atoms with Crippen LogP contribution in [0.1, 0.15) is 30.9 Å². The van der Waals surface area contributed by atoms with Crippen molar-refractivity contribution in [1.82, 2.24) is 4.90 Å². The van der Waals surface area contributed by atoms with Gasteiger partial charge in [0.15, 0.2) is 0 Å². The Balaban J connectivity index is 2.26. The van der Waals surface area contributed by atoms with Crippen molar-refractivity contribution < 1.29 is 4.74 Å². The molecule has 1 aromatic carbocycles. The molecule has 0 amide bonds. The van der Waals surface area contributed by atoms with Crippen molar-refractivity contribution in [3.05, 3.63) is 28.3 Å². The van der Waals surface area contributed by atoms with Crippen LogP contribution in [0.4, 0.5) is 0 Å². The molecule has 0 aliphatic carbocycles. The van der Waals surface area contributed by atoms with E-state index >= 15 is 0 Å². The van der Waals surface area contributed by atoms with Crippen molar-refractivity contribution >= 4 is 11.6 Å². The van der Waals surface area contributed by atoms with Gasteiger partial charge in [0.25, 0.3) is 0 Å². The number of nitriles is 1. The average molecular weight is 265 g/mol. The first-order valence-corrected chi connectivity index (χ1v) is 6.70. The van der Waals surface area contributed by atoms with Crippen molar-refractivity contribution in [3.8, 4) is 11.8 Å². The SMILES string of the molecule is CCOc1cc(C#N)c(Cl)cc1CN1CCCC1. The molecule has 3 nitrogen and oxygen atoms in total. The highest BCUT2D eigenvalue weighted by molar-refractivity contribution is 6.31. The summed E-state index contributed by atoms with van der Waals surface area (Å²) in [5.74, 6) is 0.783. The minimum Gasteiger partial charge on any atom is -0.493 e. The molecule has 0 radical (unpaired) electrons. The van der Waals surface area contributed by atoms with Crippen LogP contribution >= 0.6 is 11.6 Å². The summed E-state index contributed by atoms with van der Waals surface area (Å²) in [4.78, 5) is 2.39. The summed E-state index contributed by atoms with van der Waals surface area (Å²) in [6, 6.07) is 5.70. The zero-order valence-corrected chi connectivity index (χ0v) is 11.3. The van der Waals surface area contributed by atoms with Gasteiger partial charge in [-0.25, -0.2) is 0 Å². The Morgan fingerprint density at radius 3 is 2.72 bits per heavy atom. The van der Waals surface area contributed by atoms with E-state index in [-0.39, 0.29) is 0 Å². The summed E-state index contributed by atoms with van der Waals surface area (Å²) in [6.45, 7) is 5.65. The summed E-state index contributed by atoms with van der Waals surface area (Å²) in [5.41, 5.74) is 1.55. The van der Waals surface area contributed by atoms with Gasteiger partial charge >= 0.3 is 0 Å². The number of rotatable bonds is 4. The maximum Gasteiger partial charge on any atom is 0.125 e. The molecule has 1 aliphatic rings. The van der Waals surface area contributed by atoms with Crippen molar-refractivity contribution in [2.45, 2.75) is 26.3 Å². The van der Waals surface area contributed by atoms with E-state index in [1.54, 1.807) is 6.07 Å². The van der Waals surface area contributed by atoms with Crippen LogP contribution in [0.5, 0.6) is 5.75 Å². The topological polar surface area (TPSA) is 36.3 Å². The van der Waals surface area contributed by atoms with E-state index in [0.717, 1.165) is 30.9 Å². The number of ether oxygens (including phenoxy) is 1. The quantitative estimate of drug-likeness (QED) is 0.838. The van der Waals surface area contributed by atoms with E-state index in [9.17, 15) is 0 Å². The number of likely N-dealkylation sites (tertiary alicyclic amines) is 1. The third-order valence-corrected chi connectivity index (χ3v) is 3.48. The molecule has 1 saturated heterocycles. The predicted octanol–water partition coefficient (Wildman–Crippen LogP) is 3.21. The first kappa shape index (κ1) is 13.2. The fourth-order valence-electron chi connectivity index (χ4n) is 2.28. The Labute approximate surface area is 113 Å². The molecule has 0 aromatic heterocycles. The molecule has 4 heteroatoms.